The maximum Gasteiger partial charge on any atom is 0.0378 e. The average Bonchev–Trinajstić information content (AvgIpc) is 2.41. The van der Waals surface area contributed by atoms with E-state index < -0.39 is 0 Å². The van der Waals surface area contributed by atoms with Gasteiger partial charge in [-0.15, -0.1) is 0 Å². The van der Waals surface area contributed by atoms with Gasteiger partial charge in [0.05, 0.1) is 0 Å². The van der Waals surface area contributed by atoms with E-state index in [4.69, 9.17) is 11.1 Å². The predicted molar refractivity (Wildman–Crippen MR) is 74.2 cm³/mol. The summed E-state index contributed by atoms with van der Waals surface area (Å²) < 4.78 is 0. The zero-order valence-electron chi connectivity index (χ0n) is 10.2. The molecule has 0 N–H and O–H groups in total. The first-order valence-corrected chi connectivity index (χ1v) is 5.56. The Morgan fingerprint density at radius 3 is 2.00 bits per heavy atom. The molecule has 0 fully saturated rings. The van der Waals surface area contributed by atoms with Crippen molar-refractivity contribution in [3.8, 4) is 11.1 Å². The molecule has 92 valence electrons. The fraction of sp³-hybridized carbons (Fsp3) is 0.0769. The van der Waals surface area contributed by atoms with E-state index in [0.717, 1.165) is 16.7 Å². The average molecular weight is 250 g/mol. The van der Waals surface area contributed by atoms with E-state index in [9.17, 15) is 0 Å². The summed E-state index contributed by atoms with van der Waals surface area (Å²) in [5.74, 6) is 0. The standard InChI is InChI=1S/C13H10N6/c1-9-8-12(17-19-15)6-7-13(9)10-2-4-11(5-3-10)16-18-14/h2-8H,1H3. The molecule has 2 rings (SSSR count). The minimum atomic E-state index is 0.578. The van der Waals surface area contributed by atoms with Crippen LogP contribution in [0.5, 0.6) is 0 Å². The Balaban J connectivity index is 2.41. The molecule has 0 spiro atoms. The van der Waals surface area contributed by atoms with Gasteiger partial charge in [0.25, 0.3) is 0 Å². The van der Waals surface area contributed by atoms with Crippen LogP contribution < -0.4 is 0 Å². The lowest BCUT2D eigenvalue weighted by Crippen LogP contribution is -1.82. The second-order valence-corrected chi connectivity index (χ2v) is 3.92. The molecule has 0 amide bonds. The second-order valence-electron chi connectivity index (χ2n) is 3.92. The van der Waals surface area contributed by atoms with Crippen LogP contribution in [0.15, 0.2) is 52.7 Å². The van der Waals surface area contributed by atoms with Crippen molar-refractivity contribution in [2.75, 3.05) is 0 Å². The summed E-state index contributed by atoms with van der Waals surface area (Å²) >= 11 is 0. The molecule has 0 unspecified atom stereocenters. The first-order chi connectivity index (χ1) is 9.24. The largest absolute Gasteiger partial charge is 0.0608 e. The Bertz CT molecular complexity index is 692. The SMILES string of the molecule is Cc1cc(N=[N+]=[N-])ccc1-c1ccc(N=[N+]=[N-])cc1. The molecule has 0 aromatic heterocycles. The van der Waals surface area contributed by atoms with E-state index >= 15 is 0 Å². The summed E-state index contributed by atoms with van der Waals surface area (Å²) in [5.41, 5.74) is 21.0. The third-order valence-corrected chi connectivity index (χ3v) is 2.71. The van der Waals surface area contributed by atoms with Crippen molar-refractivity contribution >= 4 is 11.4 Å². The molecular formula is C13H10N6. The molecule has 0 saturated heterocycles. The number of aryl methyl sites for hydroxylation is 1. The Morgan fingerprint density at radius 2 is 1.42 bits per heavy atom. The van der Waals surface area contributed by atoms with Crippen LogP contribution in [0, 0.1) is 6.92 Å². The van der Waals surface area contributed by atoms with Crippen LogP contribution in [-0.2, 0) is 0 Å². The smallest absolute Gasteiger partial charge is 0.0378 e. The number of hydrogen-bond acceptors (Lipinski definition) is 2. The highest BCUT2D eigenvalue weighted by atomic mass is 15.1. The van der Waals surface area contributed by atoms with Crippen molar-refractivity contribution in [1.29, 1.82) is 0 Å². The van der Waals surface area contributed by atoms with Crippen LogP contribution in [0.3, 0.4) is 0 Å². The van der Waals surface area contributed by atoms with Crippen molar-refractivity contribution in [1.82, 2.24) is 0 Å². The Kier molecular flexibility index (Phi) is 3.69. The molecule has 6 heteroatoms. The molecule has 0 radical (unpaired) electrons. The van der Waals surface area contributed by atoms with E-state index in [1.807, 2.05) is 31.2 Å². The fourth-order valence-electron chi connectivity index (χ4n) is 1.84. The van der Waals surface area contributed by atoms with Crippen LogP contribution in [0.2, 0.25) is 0 Å². The van der Waals surface area contributed by atoms with Crippen LogP contribution in [0.1, 0.15) is 5.56 Å². The maximum atomic E-state index is 8.40. The van der Waals surface area contributed by atoms with E-state index in [-0.39, 0.29) is 0 Å². The third kappa shape index (κ3) is 2.84. The molecule has 0 atom stereocenters. The van der Waals surface area contributed by atoms with Gasteiger partial charge in [0.15, 0.2) is 0 Å². The monoisotopic (exact) mass is 250 g/mol. The first-order valence-electron chi connectivity index (χ1n) is 5.56. The third-order valence-electron chi connectivity index (χ3n) is 2.71. The van der Waals surface area contributed by atoms with Gasteiger partial charge in [0, 0.05) is 21.2 Å². The summed E-state index contributed by atoms with van der Waals surface area (Å²) in [5, 5.41) is 7.09. The van der Waals surface area contributed by atoms with Gasteiger partial charge in [-0.2, -0.15) is 0 Å². The van der Waals surface area contributed by atoms with E-state index in [2.05, 4.69) is 20.1 Å². The van der Waals surface area contributed by atoms with Crippen molar-refractivity contribution in [3.05, 3.63) is 68.9 Å². The van der Waals surface area contributed by atoms with Crippen LogP contribution in [0.25, 0.3) is 32.0 Å². The van der Waals surface area contributed by atoms with Gasteiger partial charge in [-0.25, -0.2) is 0 Å². The number of nitrogens with zero attached hydrogens (tertiary/aromatic N) is 6. The maximum absolute atomic E-state index is 8.40. The van der Waals surface area contributed by atoms with Gasteiger partial charge in [0.1, 0.15) is 0 Å². The Hall–Kier alpha value is -2.94. The molecule has 2 aromatic carbocycles. The van der Waals surface area contributed by atoms with Crippen molar-refractivity contribution in [3.63, 3.8) is 0 Å². The predicted octanol–water partition coefficient (Wildman–Crippen LogP) is 5.55. The molecule has 0 aliphatic carbocycles. The summed E-state index contributed by atoms with van der Waals surface area (Å²) in [7, 11) is 0. The van der Waals surface area contributed by atoms with E-state index in [0.29, 0.717) is 11.4 Å². The highest BCUT2D eigenvalue weighted by molar-refractivity contribution is 5.70. The van der Waals surface area contributed by atoms with Gasteiger partial charge in [-0.3, -0.25) is 0 Å². The van der Waals surface area contributed by atoms with Gasteiger partial charge >= 0.3 is 0 Å². The van der Waals surface area contributed by atoms with E-state index in [1.54, 1.807) is 18.2 Å². The normalized spacial score (nSPS) is 9.32. The second kappa shape index (κ2) is 5.60. The van der Waals surface area contributed by atoms with Crippen LogP contribution in [0.4, 0.5) is 11.4 Å². The Morgan fingerprint density at radius 1 is 0.842 bits per heavy atom. The highest BCUT2D eigenvalue weighted by Gasteiger charge is 2.02. The number of rotatable bonds is 3. The summed E-state index contributed by atoms with van der Waals surface area (Å²) in [4.78, 5) is 5.50. The summed E-state index contributed by atoms with van der Waals surface area (Å²) in [6.07, 6.45) is 0. The lowest BCUT2D eigenvalue weighted by atomic mass is 10.00. The Labute approximate surface area is 109 Å². The summed E-state index contributed by atoms with van der Waals surface area (Å²) in [6, 6.07) is 12.8. The lowest BCUT2D eigenvalue weighted by molar-refractivity contribution is 1.40. The summed E-state index contributed by atoms with van der Waals surface area (Å²) in [6.45, 7) is 1.95. The first kappa shape index (κ1) is 12.5. The molecule has 2 aromatic rings. The van der Waals surface area contributed by atoms with Gasteiger partial charge in [0.2, 0.25) is 0 Å². The highest BCUT2D eigenvalue weighted by Crippen LogP contribution is 2.28. The topological polar surface area (TPSA) is 97.5 Å². The van der Waals surface area contributed by atoms with Crippen LogP contribution >= 0.6 is 0 Å². The molecule has 0 aliphatic heterocycles. The lowest BCUT2D eigenvalue weighted by Gasteiger charge is -2.07. The minimum Gasteiger partial charge on any atom is -0.0608 e. The number of hydrogen-bond donors (Lipinski definition) is 0. The van der Waals surface area contributed by atoms with E-state index in [1.165, 1.54) is 0 Å². The molecule has 0 heterocycles. The number of azide groups is 2. The van der Waals surface area contributed by atoms with Crippen LogP contribution in [-0.4, -0.2) is 0 Å². The quantitative estimate of drug-likeness (QED) is 0.388. The van der Waals surface area contributed by atoms with Gasteiger partial charge < -0.3 is 0 Å². The zero-order chi connectivity index (χ0) is 13.7. The zero-order valence-corrected chi connectivity index (χ0v) is 10.2. The van der Waals surface area contributed by atoms with Gasteiger partial charge in [-0.05, 0) is 40.7 Å². The fourth-order valence-corrected chi connectivity index (χ4v) is 1.84. The molecule has 0 bridgehead atoms. The van der Waals surface area contributed by atoms with Crippen molar-refractivity contribution < 1.29 is 0 Å². The van der Waals surface area contributed by atoms with Crippen molar-refractivity contribution in [2.45, 2.75) is 6.92 Å². The van der Waals surface area contributed by atoms with Crippen molar-refractivity contribution in [2.24, 2.45) is 10.2 Å². The van der Waals surface area contributed by atoms with Gasteiger partial charge in [-0.1, -0.05) is 46.6 Å². The number of benzene rings is 2. The molecule has 0 saturated carbocycles. The minimum absolute atomic E-state index is 0.578. The molecule has 19 heavy (non-hydrogen) atoms. The molecular weight excluding hydrogens is 240 g/mol. The molecule has 6 nitrogen and oxygen atoms in total. The molecule has 0 aliphatic rings.